The van der Waals surface area contributed by atoms with Crippen LogP contribution in [0.3, 0.4) is 0 Å². The Kier molecular flexibility index (Phi) is 63.7. The van der Waals surface area contributed by atoms with E-state index in [2.05, 4.69) is 84.9 Å². The third-order valence-corrected chi connectivity index (χ3v) is 17.6. The fourth-order valence-electron chi connectivity index (χ4n) is 11.7. The predicted molar refractivity (Wildman–Crippen MR) is 431 cm³/mol. The van der Waals surface area contributed by atoms with Crippen molar-refractivity contribution in [3.63, 3.8) is 0 Å². The average molecular weight is 1610 g/mol. The summed E-state index contributed by atoms with van der Waals surface area (Å²) < 4.78 is 147. The Balaban J connectivity index is 0.965. The number of ether oxygens (including phenoxy) is 26. The second-order valence-corrected chi connectivity index (χ2v) is 26.0. The minimum atomic E-state index is -0.352. The molecule has 0 bridgehead atoms. The SMILES string of the molecule is COCCOCCOCCOCCOCCOCCOCCOCCOCCOCCOCCOCCCC1(CCCOCCOCCOCCOCCOCCOCCOCCOCCOCCOCCOCCOC)c2cc(-c3ccc(OCCCCN)cc3)ccc2-c2ccc(-c3ccc(OCCCCN)cc3)cc21. The molecule has 0 saturated carbocycles. The summed E-state index contributed by atoms with van der Waals surface area (Å²) in [5.74, 6) is 1.70. The minimum absolute atomic E-state index is 0.352. The van der Waals surface area contributed by atoms with Gasteiger partial charge in [0.15, 0.2) is 0 Å². The van der Waals surface area contributed by atoms with Crippen LogP contribution in [0, 0.1) is 0 Å². The Labute approximate surface area is 673 Å². The van der Waals surface area contributed by atoms with Crippen LogP contribution in [0.2, 0.25) is 0 Å². The molecule has 0 aliphatic heterocycles. The van der Waals surface area contributed by atoms with Gasteiger partial charge < -0.3 is 135 Å². The standard InChI is InChI=1S/C85H140N2O26/c1-88-29-31-92-37-39-96-45-47-100-53-55-104-61-63-108-69-71-110-67-65-106-59-57-102-51-49-98-43-41-94-35-33-90-25-7-21-85(22-8-26-91-34-36-95-42-44-99-50-52-103-58-60-107-66-68-111-72-70-109-64-62-105-56-54-101-48-46-97-40-38-93-32-30-89-2)83-73-77(75-9-15-79(16-10-75)112-27-5-3-23-86)13-19-81(83)82-20-14-78(74-84(82)85)76-11-17-80(18-12-76)113-28-6-4-24-87/h9-20,73-74H,3-8,21-72,86-87H2,1-2H3. The molecular weight excluding hydrogens is 1460 g/mol. The first-order chi connectivity index (χ1) is 56.1. The van der Waals surface area contributed by atoms with Crippen LogP contribution < -0.4 is 20.9 Å². The van der Waals surface area contributed by atoms with Crippen molar-refractivity contribution in [2.45, 2.75) is 56.8 Å². The lowest BCUT2D eigenvalue weighted by molar-refractivity contribution is -0.0281. The molecule has 0 amide bonds. The molecule has 28 nitrogen and oxygen atoms in total. The van der Waals surface area contributed by atoms with Gasteiger partial charge in [0.1, 0.15) is 11.5 Å². The van der Waals surface area contributed by atoms with Crippen molar-refractivity contribution in [2.24, 2.45) is 11.5 Å². The molecule has 1 aliphatic rings. The minimum Gasteiger partial charge on any atom is -0.494 e. The summed E-state index contributed by atoms with van der Waals surface area (Å²) in [6.07, 6.45) is 7.07. The highest BCUT2D eigenvalue weighted by molar-refractivity contribution is 5.86. The van der Waals surface area contributed by atoms with Gasteiger partial charge in [-0.3, -0.25) is 0 Å². The van der Waals surface area contributed by atoms with Crippen molar-refractivity contribution in [3.05, 3.63) is 96.1 Å². The van der Waals surface area contributed by atoms with Crippen molar-refractivity contribution >= 4 is 0 Å². The Morgan fingerprint density at radius 1 is 0.204 bits per heavy atom. The zero-order valence-corrected chi connectivity index (χ0v) is 68.4. The number of hydrogen-bond donors (Lipinski definition) is 2. The second kappa shape index (κ2) is 72.7. The van der Waals surface area contributed by atoms with Crippen molar-refractivity contribution in [1.82, 2.24) is 0 Å². The van der Waals surface area contributed by atoms with Gasteiger partial charge in [-0.25, -0.2) is 0 Å². The highest BCUT2D eigenvalue weighted by atomic mass is 16.6. The van der Waals surface area contributed by atoms with E-state index < -0.39 is 0 Å². The van der Waals surface area contributed by atoms with E-state index in [1.807, 2.05) is 0 Å². The lowest BCUT2D eigenvalue weighted by Gasteiger charge is -2.33. The highest BCUT2D eigenvalue weighted by Gasteiger charge is 2.43. The number of benzene rings is 4. The van der Waals surface area contributed by atoms with Gasteiger partial charge in [0.25, 0.3) is 0 Å². The number of methoxy groups -OCH3 is 2. The first kappa shape index (κ1) is 99.0. The first-order valence-electron chi connectivity index (χ1n) is 41.0. The molecule has 646 valence electrons. The quantitative estimate of drug-likeness (QED) is 0.0390. The zero-order chi connectivity index (χ0) is 79.6. The van der Waals surface area contributed by atoms with Gasteiger partial charge >= 0.3 is 0 Å². The van der Waals surface area contributed by atoms with E-state index in [1.165, 1.54) is 22.3 Å². The first-order valence-corrected chi connectivity index (χ1v) is 41.0. The summed E-state index contributed by atoms with van der Waals surface area (Å²) in [5.41, 5.74) is 20.8. The summed E-state index contributed by atoms with van der Waals surface area (Å²) in [7, 11) is 3.29. The van der Waals surface area contributed by atoms with Gasteiger partial charge in [-0.1, -0.05) is 48.5 Å². The lowest BCUT2D eigenvalue weighted by Crippen LogP contribution is -2.27. The van der Waals surface area contributed by atoms with Crippen LogP contribution in [-0.4, -0.2) is 344 Å². The van der Waals surface area contributed by atoms with Crippen molar-refractivity contribution < 1.29 is 123 Å². The fraction of sp³-hybridized carbons (Fsp3) is 0.718. The van der Waals surface area contributed by atoms with E-state index >= 15 is 0 Å². The van der Waals surface area contributed by atoms with E-state index in [-0.39, 0.29) is 5.41 Å². The van der Waals surface area contributed by atoms with Crippen LogP contribution in [0.1, 0.15) is 62.5 Å². The molecule has 0 aromatic heterocycles. The topological polar surface area (TPSA) is 292 Å². The molecular formula is C85H140N2O26. The Morgan fingerprint density at radius 3 is 0.602 bits per heavy atom. The van der Waals surface area contributed by atoms with Crippen LogP contribution >= 0.6 is 0 Å². The maximum absolute atomic E-state index is 6.31. The van der Waals surface area contributed by atoms with Crippen LogP contribution in [0.25, 0.3) is 33.4 Å². The van der Waals surface area contributed by atoms with Crippen molar-refractivity contribution in [1.29, 1.82) is 0 Å². The van der Waals surface area contributed by atoms with E-state index in [9.17, 15) is 0 Å². The summed E-state index contributed by atoms with van der Waals surface area (Å²) in [6.45, 7) is 25.5. The summed E-state index contributed by atoms with van der Waals surface area (Å²) in [4.78, 5) is 0. The maximum atomic E-state index is 6.31. The predicted octanol–water partition coefficient (Wildman–Crippen LogP) is 8.74. The van der Waals surface area contributed by atoms with Crippen molar-refractivity contribution in [3.8, 4) is 44.9 Å². The molecule has 5 rings (SSSR count). The van der Waals surface area contributed by atoms with Gasteiger partial charge in [-0.05, 0) is 145 Å². The van der Waals surface area contributed by atoms with Crippen LogP contribution in [-0.2, 0) is 119 Å². The molecule has 4 aromatic rings. The summed E-state index contributed by atoms with van der Waals surface area (Å²) in [6, 6.07) is 30.8. The van der Waals surface area contributed by atoms with Crippen LogP contribution in [0.5, 0.6) is 11.5 Å². The molecule has 0 unspecified atom stereocenters. The van der Waals surface area contributed by atoms with E-state index in [0.29, 0.717) is 330 Å². The van der Waals surface area contributed by atoms with Gasteiger partial charge in [0, 0.05) is 32.8 Å². The third-order valence-electron chi connectivity index (χ3n) is 17.6. The fourth-order valence-corrected chi connectivity index (χ4v) is 11.7. The Hall–Kier alpha value is -4.56. The largest absolute Gasteiger partial charge is 0.494 e. The molecule has 4 aromatic carbocycles. The smallest absolute Gasteiger partial charge is 0.119 e. The van der Waals surface area contributed by atoms with Gasteiger partial charge in [-0.2, -0.15) is 0 Å². The monoisotopic (exact) mass is 1600 g/mol. The molecule has 1 aliphatic carbocycles. The van der Waals surface area contributed by atoms with E-state index in [4.69, 9.17) is 135 Å². The molecule has 4 N–H and O–H groups in total. The van der Waals surface area contributed by atoms with E-state index in [0.717, 1.165) is 85.1 Å². The third kappa shape index (κ3) is 49.4. The number of rotatable bonds is 86. The Bertz CT molecular complexity index is 2560. The maximum Gasteiger partial charge on any atom is 0.119 e. The highest BCUT2D eigenvalue weighted by Crippen LogP contribution is 2.55. The molecule has 0 heterocycles. The number of unbranched alkanes of at least 4 members (excludes halogenated alkanes) is 2. The molecule has 0 spiro atoms. The molecule has 0 radical (unpaired) electrons. The molecule has 0 saturated heterocycles. The zero-order valence-electron chi connectivity index (χ0n) is 68.4. The summed E-state index contributed by atoms with van der Waals surface area (Å²) >= 11 is 0. The van der Waals surface area contributed by atoms with Crippen LogP contribution in [0.4, 0.5) is 0 Å². The van der Waals surface area contributed by atoms with E-state index in [1.54, 1.807) is 14.2 Å². The lowest BCUT2D eigenvalue weighted by atomic mass is 9.70. The number of nitrogens with two attached hydrogens (primary N) is 2. The average Bonchev–Trinajstić information content (AvgIpc) is 1.56. The van der Waals surface area contributed by atoms with Crippen molar-refractivity contribution in [2.75, 3.05) is 344 Å². The summed E-state index contributed by atoms with van der Waals surface area (Å²) in [5, 5.41) is 0. The molecule has 0 atom stereocenters. The number of fused-ring (bicyclic) bond motifs is 3. The Morgan fingerprint density at radius 2 is 0.398 bits per heavy atom. The van der Waals surface area contributed by atoms with Crippen LogP contribution in [0.15, 0.2) is 84.9 Å². The van der Waals surface area contributed by atoms with Gasteiger partial charge in [0.05, 0.1) is 304 Å². The molecule has 0 fully saturated rings. The van der Waals surface area contributed by atoms with Gasteiger partial charge in [-0.15, -0.1) is 0 Å². The molecule has 113 heavy (non-hydrogen) atoms. The second-order valence-electron chi connectivity index (χ2n) is 26.0. The van der Waals surface area contributed by atoms with Gasteiger partial charge in [0.2, 0.25) is 0 Å². The normalized spacial score (nSPS) is 12.4. The number of hydrogen-bond acceptors (Lipinski definition) is 28. The molecule has 28 heteroatoms.